The Labute approximate surface area is 115 Å². The van der Waals surface area contributed by atoms with E-state index in [9.17, 15) is 9.90 Å². The molecule has 0 saturated heterocycles. The smallest absolute Gasteiger partial charge is 0.176 e. The van der Waals surface area contributed by atoms with Crippen LogP contribution in [-0.4, -0.2) is 42.0 Å². The van der Waals surface area contributed by atoms with E-state index in [1.807, 2.05) is 18.0 Å². The first-order chi connectivity index (χ1) is 9.06. The van der Waals surface area contributed by atoms with Crippen molar-refractivity contribution in [3.05, 3.63) is 34.9 Å². The second-order valence-corrected chi connectivity index (χ2v) is 5.64. The molecule has 19 heavy (non-hydrogen) atoms. The van der Waals surface area contributed by atoms with Crippen LogP contribution in [0.5, 0.6) is 0 Å². The zero-order valence-corrected chi connectivity index (χ0v) is 11.9. The molecule has 1 atom stereocenters. The SMILES string of the molecule is CC(O)CCN(C)CC(=O)c1ccc2c(c1)CCC2. The summed E-state index contributed by atoms with van der Waals surface area (Å²) in [5.41, 5.74) is 3.57. The molecule has 0 heterocycles. The highest BCUT2D eigenvalue weighted by Crippen LogP contribution is 2.23. The van der Waals surface area contributed by atoms with Crippen molar-refractivity contribution in [3.63, 3.8) is 0 Å². The van der Waals surface area contributed by atoms with Crippen molar-refractivity contribution in [3.8, 4) is 0 Å². The summed E-state index contributed by atoms with van der Waals surface area (Å²) in [5, 5.41) is 9.25. The van der Waals surface area contributed by atoms with Gasteiger partial charge in [0.1, 0.15) is 0 Å². The first-order valence-electron chi connectivity index (χ1n) is 7.08. The van der Waals surface area contributed by atoms with Gasteiger partial charge in [-0.25, -0.2) is 0 Å². The van der Waals surface area contributed by atoms with Crippen molar-refractivity contribution in [1.29, 1.82) is 0 Å². The average molecular weight is 261 g/mol. The van der Waals surface area contributed by atoms with Crippen LogP contribution < -0.4 is 0 Å². The molecule has 0 aromatic heterocycles. The van der Waals surface area contributed by atoms with Gasteiger partial charge in [0, 0.05) is 12.1 Å². The standard InChI is InChI=1S/C16H23NO2/c1-12(18)8-9-17(2)11-16(19)15-7-6-13-4-3-5-14(13)10-15/h6-7,10,12,18H,3-5,8-9,11H2,1-2H3. The van der Waals surface area contributed by atoms with Crippen LogP contribution in [0, 0.1) is 0 Å². The van der Waals surface area contributed by atoms with E-state index in [2.05, 4.69) is 12.1 Å². The molecule has 3 nitrogen and oxygen atoms in total. The second kappa shape index (κ2) is 6.31. The third-order valence-electron chi connectivity index (χ3n) is 3.76. The van der Waals surface area contributed by atoms with E-state index in [0.29, 0.717) is 13.0 Å². The predicted octanol–water partition coefficient (Wildman–Crippen LogP) is 2.06. The Morgan fingerprint density at radius 3 is 2.84 bits per heavy atom. The molecule has 0 saturated carbocycles. The van der Waals surface area contributed by atoms with Gasteiger partial charge in [0.25, 0.3) is 0 Å². The number of aryl methyl sites for hydroxylation is 2. The molecule has 1 unspecified atom stereocenters. The van der Waals surface area contributed by atoms with Crippen molar-refractivity contribution in [2.24, 2.45) is 0 Å². The van der Waals surface area contributed by atoms with Crippen molar-refractivity contribution in [2.45, 2.75) is 38.7 Å². The Balaban J connectivity index is 1.92. The highest BCUT2D eigenvalue weighted by Gasteiger charge is 2.15. The van der Waals surface area contributed by atoms with Gasteiger partial charge >= 0.3 is 0 Å². The summed E-state index contributed by atoms with van der Waals surface area (Å²) < 4.78 is 0. The molecule has 1 aromatic carbocycles. The number of aliphatic hydroxyl groups is 1. The number of rotatable bonds is 6. The maximum absolute atomic E-state index is 12.2. The van der Waals surface area contributed by atoms with Gasteiger partial charge in [-0.15, -0.1) is 0 Å². The van der Waals surface area contributed by atoms with Crippen molar-refractivity contribution >= 4 is 5.78 Å². The molecule has 0 bridgehead atoms. The molecule has 104 valence electrons. The highest BCUT2D eigenvalue weighted by atomic mass is 16.3. The Hall–Kier alpha value is -1.19. The molecule has 1 aromatic rings. The van der Waals surface area contributed by atoms with Gasteiger partial charge in [0.15, 0.2) is 5.78 Å². The minimum atomic E-state index is -0.308. The van der Waals surface area contributed by atoms with Gasteiger partial charge in [0.2, 0.25) is 0 Å². The monoisotopic (exact) mass is 261 g/mol. The zero-order chi connectivity index (χ0) is 13.8. The number of ketones is 1. The van der Waals surface area contributed by atoms with Gasteiger partial charge in [-0.1, -0.05) is 12.1 Å². The van der Waals surface area contributed by atoms with E-state index in [4.69, 9.17) is 0 Å². The zero-order valence-electron chi connectivity index (χ0n) is 11.9. The second-order valence-electron chi connectivity index (χ2n) is 5.64. The van der Waals surface area contributed by atoms with E-state index in [1.165, 1.54) is 17.5 Å². The minimum Gasteiger partial charge on any atom is -0.393 e. The van der Waals surface area contributed by atoms with E-state index >= 15 is 0 Å². The van der Waals surface area contributed by atoms with Crippen molar-refractivity contribution in [1.82, 2.24) is 4.90 Å². The summed E-state index contributed by atoms with van der Waals surface area (Å²) >= 11 is 0. The van der Waals surface area contributed by atoms with Crippen molar-refractivity contribution in [2.75, 3.05) is 20.1 Å². The summed E-state index contributed by atoms with van der Waals surface area (Å²) in [6.07, 6.45) is 3.86. The lowest BCUT2D eigenvalue weighted by Crippen LogP contribution is -2.28. The fourth-order valence-corrected chi connectivity index (χ4v) is 2.57. The summed E-state index contributed by atoms with van der Waals surface area (Å²) in [6.45, 7) is 2.94. The lowest BCUT2D eigenvalue weighted by Gasteiger charge is -2.16. The summed E-state index contributed by atoms with van der Waals surface area (Å²) in [6, 6.07) is 6.12. The van der Waals surface area contributed by atoms with Crippen LogP contribution in [0.15, 0.2) is 18.2 Å². The summed E-state index contributed by atoms with van der Waals surface area (Å²) in [4.78, 5) is 14.2. The van der Waals surface area contributed by atoms with Crippen LogP contribution in [-0.2, 0) is 12.8 Å². The first-order valence-corrected chi connectivity index (χ1v) is 7.08. The molecular weight excluding hydrogens is 238 g/mol. The number of aliphatic hydroxyl groups excluding tert-OH is 1. The molecule has 3 heteroatoms. The molecular formula is C16H23NO2. The quantitative estimate of drug-likeness (QED) is 0.797. The fourth-order valence-electron chi connectivity index (χ4n) is 2.57. The number of benzene rings is 1. The molecule has 1 aliphatic rings. The van der Waals surface area contributed by atoms with Gasteiger partial charge in [-0.3, -0.25) is 9.69 Å². The number of hydrogen-bond acceptors (Lipinski definition) is 3. The van der Waals surface area contributed by atoms with Gasteiger partial charge in [-0.05, 0) is 56.8 Å². The predicted molar refractivity (Wildman–Crippen MR) is 76.6 cm³/mol. The topological polar surface area (TPSA) is 40.5 Å². The Morgan fingerprint density at radius 2 is 2.11 bits per heavy atom. The average Bonchev–Trinajstić information content (AvgIpc) is 2.83. The largest absolute Gasteiger partial charge is 0.393 e. The normalized spacial score (nSPS) is 15.6. The first kappa shape index (κ1) is 14.2. The molecule has 0 radical (unpaired) electrons. The van der Waals surface area contributed by atoms with Crippen molar-refractivity contribution < 1.29 is 9.90 Å². The van der Waals surface area contributed by atoms with Crippen LogP contribution in [0.3, 0.4) is 0 Å². The van der Waals surface area contributed by atoms with Gasteiger partial charge in [-0.2, -0.15) is 0 Å². The number of likely N-dealkylation sites (N-methyl/N-ethyl adjacent to an activating group) is 1. The number of fused-ring (bicyclic) bond motifs is 1. The molecule has 0 fully saturated rings. The minimum absolute atomic E-state index is 0.169. The molecule has 1 aliphatic carbocycles. The summed E-state index contributed by atoms with van der Waals surface area (Å²) in [7, 11) is 1.92. The van der Waals surface area contributed by atoms with E-state index in [0.717, 1.165) is 24.9 Å². The fraction of sp³-hybridized carbons (Fsp3) is 0.562. The lowest BCUT2D eigenvalue weighted by molar-refractivity contribution is 0.0931. The third-order valence-corrected chi connectivity index (χ3v) is 3.76. The van der Waals surface area contributed by atoms with Crippen LogP contribution in [0.4, 0.5) is 0 Å². The highest BCUT2D eigenvalue weighted by molar-refractivity contribution is 5.97. The Kier molecular flexibility index (Phi) is 4.72. The lowest BCUT2D eigenvalue weighted by atomic mass is 10.0. The molecule has 0 aliphatic heterocycles. The number of hydrogen-bond donors (Lipinski definition) is 1. The number of Topliss-reactive ketones (excluding diaryl/α,β-unsaturated/α-hetero) is 1. The maximum atomic E-state index is 12.2. The van der Waals surface area contributed by atoms with Crippen LogP contribution in [0.2, 0.25) is 0 Å². The number of nitrogens with zero attached hydrogens (tertiary/aromatic N) is 1. The molecule has 1 N–H and O–H groups in total. The molecule has 0 amide bonds. The maximum Gasteiger partial charge on any atom is 0.176 e. The number of carbonyl (C=O) groups is 1. The van der Waals surface area contributed by atoms with Crippen LogP contribution in [0.1, 0.15) is 41.3 Å². The number of carbonyl (C=O) groups excluding carboxylic acids is 1. The molecule has 0 spiro atoms. The summed E-state index contributed by atoms with van der Waals surface area (Å²) in [5.74, 6) is 0.169. The third kappa shape index (κ3) is 3.88. The van der Waals surface area contributed by atoms with Gasteiger partial charge in [0.05, 0.1) is 12.6 Å². The van der Waals surface area contributed by atoms with Crippen LogP contribution >= 0.6 is 0 Å². The van der Waals surface area contributed by atoms with Gasteiger partial charge < -0.3 is 5.11 Å². The Bertz CT molecular complexity index is 454. The van der Waals surface area contributed by atoms with E-state index in [-0.39, 0.29) is 11.9 Å². The van der Waals surface area contributed by atoms with E-state index in [1.54, 1.807) is 6.92 Å². The van der Waals surface area contributed by atoms with E-state index < -0.39 is 0 Å². The Morgan fingerprint density at radius 1 is 1.37 bits per heavy atom. The van der Waals surface area contributed by atoms with Crippen LogP contribution in [0.25, 0.3) is 0 Å². The molecule has 2 rings (SSSR count).